The quantitative estimate of drug-likeness (QED) is 0.545. The van der Waals surface area contributed by atoms with Crippen LogP contribution in [0, 0.1) is 0 Å². The Morgan fingerprint density at radius 2 is 1.44 bits per heavy atom. The highest BCUT2D eigenvalue weighted by Crippen LogP contribution is 2.19. The van der Waals surface area contributed by atoms with Crippen molar-refractivity contribution in [3.8, 4) is 5.75 Å². The molecule has 0 atom stereocenters. The third kappa shape index (κ3) is 6.08. The summed E-state index contributed by atoms with van der Waals surface area (Å²) in [6.07, 6.45) is 0. The second-order valence-corrected chi connectivity index (χ2v) is 8.73. The second-order valence-electron chi connectivity index (χ2n) is 7.05. The summed E-state index contributed by atoms with van der Waals surface area (Å²) >= 11 is 0. The van der Waals surface area contributed by atoms with Crippen LogP contribution in [-0.2, 0) is 14.8 Å². The van der Waals surface area contributed by atoms with Gasteiger partial charge < -0.3 is 15.0 Å². The number of anilines is 2. The number of rotatable bonds is 8. The number of carbonyl (C=O) groups is 2. The van der Waals surface area contributed by atoms with Gasteiger partial charge in [0.2, 0.25) is 0 Å². The molecule has 32 heavy (non-hydrogen) atoms. The molecule has 3 aromatic rings. The Morgan fingerprint density at radius 1 is 0.844 bits per heavy atom. The third-order valence-electron chi connectivity index (χ3n) is 4.43. The van der Waals surface area contributed by atoms with Gasteiger partial charge in [0.15, 0.2) is 6.61 Å². The van der Waals surface area contributed by atoms with Crippen LogP contribution in [-0.4, -0.2) is 45.8 Å². The van der Waals surface area contributed by atoms with Crippen molar-refractivity contribution in [3.63, 3.8) is 0 Å². The van der Waals surface area contributed by atoms with Crippen LogP contribution in [0.15, 0.2) is 83.8 Å². The van der Waals surface area contributed by atoms with Crippen LogP contribution in [0.25, 0.3) is 0 Å². The molecule has 8 nitrogen and oxygen atoms in total. The van der Waals surface area contributed by atoms with Crippen LogP contribution in [0.3, 0.4) is 0 Å². The van der Waals surface area contributed by atoms with Crippen LogP contribution in [0.1, 0.15) is 10.4 Å². The molecule has 0 aliphatic rings. The lowest BCUT2D eigenvalue weighted by atomic mass is 10.2. The molecule has 0 spiro atoms. The molecule has 3 aromatic carbocycles. The molecular weight excluding hydrogens is 430 g/mol. The molecule has 166 valence electrons. The summed E-state index contributed by atoms with van der Waals surface area (Å²) in [4.78, 5) is 25.6. The smallest absolute Gasteiger partial charge is 0.261 e. The van der Waals surface area contributed by atoms with Crippen LogP contribution < -0.4 is 14.8 Å². The second kappa shape index (κ2) is 9.97. The minimum atomic E-state index is -3.70. The van der Waals surface area contributed by atoms with Crippen LogP contribution in [0.2, 0.25) is 0 Å². The zero-order valence-electron chi connectivity index (χ0n) is 17.6. The molecule has 0 unspecified atom stereocenters. The highest BCUT2D eigenvalue weighted by atomic mass is 32.2. The lowest BCUT2D eigenvalue weighted by molar-refractivity contribution is -0.130. The maximum Gasteiger partial charge on any atom is 0.261 e. The Balaban J connectivity index is 1.58. The molecule has 0 fully saturated rings. The van der Waals surface area contributed by atoms with Crippen molar-refractivity contribution in [1.29, 1.82) is 0 Å². The molecule has 0 radical (unpaired) electrons. The fraction of sp³-hybridized carbons (Fsp3) is 0.130. The fourth-order valence-electron chi connectivity index (χ4n) is 2.62. The molecule has 3 rings (SSSR count). The molecule has 0 heterocycles. The van der Waals surface area contributed by atoms with Gasteiger partial charge in [0.1, 0.15) is 5.75 Å². The Labute approximate surface area is 186 Å². The summed E-state index contributed by atoms with van der Waals surface area (Å²) in [5, 5.41) is 2.75. The number of hydrogen-bond acceptors (Lipinski definition) is 5. The van der Waals surface area contributed by atoms with Crippen LogP contribution >= 0.6 is 0 Å². The third-order valence-corrected chi connectivity index (χ3v) is 5.82. The molecule has 9 heteroatoms. The Morgan fingerprint density at radius 3 is 2.03 bits per heavy atom. The van der Waals surface area contributed by atoms with E-state index >= 15 is 0 Å². The van der Waals surface area contributed by atoms with E-state index in [-0.39, 0.29) is 23.3 Å². The van der Waals surface area contributed by atoms with E-state index in [4.69, 9.17) is 4.74 Å². The lowest BCUT2D eigenvalue weighted by Gasteiger charge is -2.12. The summed E-state index contributed by atoms with van der Waals surface area (Å²) in [5.74, 6) is 0.00376. The zero-order valence-corrected chi connectivity index (χ0v) is 18.4. The van der Waals surface area contributed by atoms with Crippen molar-refractivity contribution in [2.45, 2.75) is 4.90 Å². The molecular formula is C23H23N3O5S. The van der Waals surface area contributed by atoms with Gasteiger partial charge in [-0.1, -0.05) is 18.2 Å². The highest BCUT2D eigenvalue weighted by molar-refractivity contribution is 7.92. The number of nitrogens with one attached hydrogen (secondary N) is 2. The predicted octanol–water partition coefficient (Wildman–Crippen LogP) is 3.21. The molecule has 0 saturated heterocycles. The number of hydrogen-bond donors (Lipinski definition) is 2. The predicted molar refractivity (Wildman–Crippen MR) is 122 cm³/mol. The summed E-state index contributed by atoms with van der Waals surface area (Å²) in [7, 11) is -0.404. The van der Waals surface area contributed by atoms with Crippen molar-refractivity contribution >= 4 is 33.2 Å². The van der Waals surface area contributed by atoms with Gasteiger partial charge in [-0.05, 0) is 60.7 Å². The first kappa shape index (κ1) is 22.8. The number of nitrogens with zero attached hydrogens (tertiary/aromatic N) is 1. The molecule has 0 aliphatic heterocycles. The maximum atomic E-state index is 12.5. The SMILES string of the molecule is CN(C)C(=O)COc1ccc(NC(=O)c2ccc(NS(=O)(=O)c3ccccc3)cc2)cc1. The fourth-order valence-corrected chi connectivity index (χ4v) is 3.69. The Kier molecular flexibility index (Phi) is 7.11. The number of likely N-dealkylation sites (N-methyl/N-ethyl adjacent to an activating group) is 1. The van der Waals surface area contributed by atoms with Gasteiger partial charge >= 0.3 is 0 Å². The number of amides is 2. The van der Waals surface area contributed by atoms with E-state index in [0.29, 0.717) is 22.7 Å². The monoisotopic (exact) mass is 453 g/mol. The first-order chi connectivity index (χ1) is 15.2. The highest BCUT2D eigenvalue weighted by Gasteiger charge is 2.14. The van der Waals surface area contributed by atoms with Gasteiger partial charge in [0, 0.05) is 31.0 Å². The van der Waals surface area contributed by atoms with Gasteiger partial charge in [-0.25, -0.2) is 8.42 Å². The van der Waals surface area contributed by atoms with Crippen molar-refractivity contribution in [3.05, 3.63) is 84.4 Å². The van der Waals surface area contributed by atoms with Crippen LogP contribution in [0.4, 0.5) is 11.4 Å². The van der Waals surface area contributed by atoms with Crippen LogP contribution in [0.5, 0.6) is 5.75 Å². The first-order valence-electron chi connectivity index (χ1n) is 9.67. The van der Waals surface area contributed by atoms with E-state index in [1.54, 1.807) is 56.6 Å². The topological polar surface area (TPSA) is 105 Å². The van der Waals surface area contributed by atoms with E-state index < -0.39 is 10.0 Å². The van der Waals surface area contributed by atoms with Gasteiger partial charge in [-0.15, -0.1) is 0 Å². The lowest BCUT2D eigenvalue weighted by Crippen LogP contribution is -2.27. The van der Waals surface area contributed by atoms with E-state index in [2.05, 4.69) is 10.0 Å². The largest absolute Gasteiger partial charge is 0.484 e. The molecule has 0 bridgehead atoms. The Hall–Kier alpha value is -3.85. The maximum absolute atomic E-state index is 12.5. The van der Waals surface area contributed by atoms with E-state index in [1.807, 2.05) is 0 Å². The van der Waals surface area contributed by atoms with Crippen molar-refractivity contribution in [2.24, 2.45) is 0 Å². The minimum Gasteiger partial charge on any atom is -0.484 e. The van der Waals surface area contributed by atoms with Gasteiger partial charge in [-0.2, -0.15) is 0 Å². The average Bonchev–Trinajstić information content (AvgIpc) is 2.79. The van der Waals surface area contributed by atoms with Crippen molar-refractivity contribution in [2.75, 3.05) is 30.7 Å². The first-order valence-corrected chi connectivity index (χ1v) is 11.2. The number of benzene rings is 3. The molecule has 2 N–H and O–H groups in total. The van der Waals surface area contributed by atoms with Crippen molar-refractivity contribution in [1.82, 2.24) is 4.90 Å². The molecule has 0 aliphatic carbocycles. The summed E-state index contributed by atoms with van der Waals surface area (Å²) in [6, 6.07) is 20.8. The van der Waals surface area contributed by atoms with Crippen molar-refractivity contribution < 1.29 is 22.7 Å². The summed E-state index contributed by atoms with van der Waals surface area (Å²) in [5.41, 5.74) is 1.26. The van der Waals surface area contributed by atoms with E-state index in [0.717, 1.165) is 0 Å². The van der Waals surface area contributed by atoms with E-state index in [9.17, 15) is 18.0 Å². The molecule has 0 saturated carbocycles. The summed E-state index contributed by atoms with van der Waals surface area (Å²) < 4.78 is 32.7. The molecule has 0 aromatic heterocycles. The number of sulfonamides is 1. The average molecular weight is 454 g/mol. The molecule has 2 amide bonds. The van der Waals surface area contributed by atoms with E-state index in [1.165, 1.54) is 41.3 Å². The van der Waals surface area contributed by atoms with Gasteiger partial charge in [-0.3, -0.25) is 14.3 Å². The zero-order chi connectivity index (χ0) is 23.1. The summed E-state index contributed by atoms with van der Waals surface area (Å²) in [6.45, 7) is -0.0704. The van der Waals surface area contributed by atoms with Gasteiger partial charge in [0.25, 0.3) is 21.8 Å². The number of carbonyl (C=O) groups excluding carboxylic acids is 2. The normalized spacial score (nSPS) is 10.8. The Bertz CT molecular complexity index is 1180. The minimum absolute atomic E-state index is 0.0704. The number of ether oxygens (including phenoxy) is 1. The standard InChI is InChI=1S/C23H23N3O5S/c1-26(2)22(27)16-31-20-14-12-18(13-15-20)24-23(28)17-8-10-19(11-9-17)25-32(29,30)21-6-4-3-5-7-21/h3-15,25H,16H2,1-2H3,(H,24,28). The van der Waals surface area contributed by atoms with Gasteiger partial charge in [0.05, 0.1) is 4.90 Å².